The molecular weight excluding hydrogens is 395 g/mol. The van der Waals surface area contributed by atoms with Crippen LogP contribution in [-0.2, 0) is 10.1 Å². The smallest absolute Gasteiger partial charge is 0.282 e. The molecule has 0 aliphatic carbocycles. The van der Waals surface area contributed by atoms with Crippen LogP contribution in [0.3, 0.4) is 0 Å². The van der Waals surface area contributed by atoms with Gasteiger partial charge in [-0.05, 0) is 0 Å². The Hall–Kier alpha value is -2.28. The lowest BCUT2D eigenvalue weighted by molar-refractivity contribution is 0.376. The maximum absolute atomic E-state index is 13.8. The van der Waals surface area contributed by atoms with Crippen LogP contribution in [-0.4, -0.2) is 13.0 Å². The zero-order chi connectivity index (χ0) is 19.4. The third-order valence-electron chi connectivity index (χ3n) is 2.94. The fraction of sp³-hybridized carbons (Fsp3) is 0. The van der Waals surface area contributed by atoms with E-state index in [9.17, 15) is 47.9 Å². The molecule has 0 heterocycles. The van der Waals surface area contributed by atoms with Crippen molar-refractivity contribution in [1.29, 1.82) is 0 Å². The van der Waals surface area contributed by atoms with E-state index in [4.69, 9.17) is 4.55 Å². The van der Waals surface area contributed by atoms with Crippen LogP contribution in [0.15, 0.2) is 4.90 Å². The van der Waals surface area contributed by atoms with Crippen molar-refractivity contribution in [2.45, 2.75) is 4.90 Å². The van der Waals surface area contributed by atoms with Gasteiger partial charge >= 0.3 is 0 Å². The van der Waals surface area contributed by atoms with Crippen molar-refractivity contribution in [3.05, 3.63) is 52.4 Å². The largest absolute Gasteiger partial charge is 0.298 e. The molecule has 3 nitrogen and oxygen atoms in total. The first kappa shape index (κ1) is 19.1. The fourth-order valence-electron chi connectivity index (χ4n) is 1.90. The summed E-state index contributed by atoms with van der Waals surface area (Å²) in [6.07, 6.45) is 0. The van der Waals surface area contributed by atoms with Gasteiger partial charge in [0.05, 0.1) is 11.1 Å². The Morgan fingerprint density at radius 2 is 0.760 bits per heavy atom. The highest BCUT2D eigenvalue weighted by molar-refractivity contribution is 7.86. The van der Waals surface area contributed by atoms with E-state index in [2.05, 4.69) is 0 Å². The highest BCUT2D eigenvalue weighted by atomic mass is 32.2. The summed E-state index contributed by atoms with van der Waals surface area (Å²) in [5, 5.41) is 0. The van der Waals surface area contributed by atoms with E-state index in [-0.39, 0.29) is 0 Å². The van der Waals surface area contributed by atoms with Crippen molar-refractivity contribution in [1.82, 2.24) is 0 Å². The molecule has 0 fully saturated rings. The van der Waals surface area contributed by atoms with Gasteiger partial charge in [-0.2, -0.15) is 8.42 Å². The molecule has 0 aliphatic rings. The maximum Gasteiger partial charge on any atom is 0.298 e. The van der Waals surface area contributed by atoms with E-state index in [0.29, 0.717) is 0 Å². The van der Waals surface area contributed by atoms with Crippen molar-refractivity contribution in [2.75, 3.05) is 0 Å². The van der Waals surface area contributed by atoms with E-state index in [1.165, 1.54) is 0 Å². The van der Waals surface area contributed by atoms with Gasteiger partial charge in [-0.3, -0.25) is 4.55 Å². The van der Waals surface area contributed by atoms with Gasteiger partial charge in [-0.15, -0.1) is 0 Å². The molecule has 0 aromatic heterocycles. The van der Waals surface area contributed by atoms with Crippen LogP contribution in [0.5, 0.6) is 0 Å². The molecule has 1 N–H and O–H groups in total. The minimum Gasteiger partial charge on any atom is -0.282 e. The topological polar surface area (TPSA) is 54.4 Å². The second kappa shape index (κ2) is 5.91. The molecule has 0 radical (unpaired) electrons. The van der Waals surface area contributed by atoms with Crippen LogP contribution in [0, 0.1) is 52.4 Å². The minimum atomic E-state index is -6.04. The second-order valence-electron chi connectivity index (χ2n) is 4.38. The SMILES string of the molecule is O=S(=O)(O)c1c(F)c(F)c(F)c(F)c1-c1c(F)c(F)c(F)c(F)c1F. The number of halogens is 9. The summed E-state index contributed by atoms with van der Waals surface area (Å²) >= 11 is 0. The molecule has 0 spiro atoms. The van der Waals surface area contributed by atoms with Gasteiger partial charge in [-0.25, -0.2) is 39.5 Å². The van der Waals surface area contributed by atoms with E-state index in [1.807, 2.05) is 0 Å². The summed E-state index contributed by atoms with van der Waals surface area (Å²) in [6, 6.07) is 0. The molecule has 0 unspecified atom stereocenters. The van der Waals surface area contributed by atoms with E-state index in [1.54, 1.807) is 0 Å². The Kier molecular flexibility index (Phi) is 4.50. The Morgan fingerprint density at radius 1 is 0.480 bits per heavy atom. The first-order valence-electron chi connectivity index (χ1n) is 5.67. The normalized spacial score (nSPS) is 11.9. The summed E-state index contributed by atoms with van der Waals surface area (Å²) < 4.78 is 151. The zero-order valence-electron chi connectivity index (χ0n) is 11.1. The summed E-state index contributed by atoms with van der Waals surface area (Å²) in [5.74, 6) is -25.2. The lowest BCUT2D eigenvalue weighted by Gasteiger charge is -2.14. The highest BCUT2D eigenvalue weighted by Gasteiger charge is 2.37. The molecule has 136 valence electrons. The lowest BCUT2D eigenvalue weighted by atomic mass is 10.0. The standard InChI is InChI=1S/C12HF9O3S/c13-3-1(4(14)7(17)9(19)6(3)16)2-5(15)8(18)10(20)11(21)12(2)25(22,23)24/h(H,22,23,24). The van der Waals surface area contributed by atoms with Crippen molar-refractivity contribution >= 4 is 10.1 Å². The monoisotopic (exact) mass is 396 g/mol. The van der Waals surface area contributed by atoms with Gasteiger partial charge in [0.2, 0.25) is 5.82 Å². The molecule has 0 aliphatic heterocycles. The summed E-state index contributed by atoms with van der Waals surface area (Å²) in [6.45, 7) is 0. The van der Waals surface area contributed by atoms with Gasteiger partial charge in [-0.1, -0.05) is 0 Å². The number of hydrogen-bond acceptors (Lipinski definition) is 2. The van der Waals surface area contributed by atoms with E-state index in [0.717, 1.165) is 0 Å². The average Bonchev–Trinajstić information content (AvgIpc) is 2.52. The van der Waals surface area contributed by atoms with Crippen LogP contribution in [0.4, 0.5) is 39.5 Å². The van der Waals surface area contributed by atoms with Crippen LogP contribution < -0.4 is 0 Å². The first-order valence-corrected chi connectivity index (χ1v) is 7.11. The Morgan fingerprint density at radius 3 is 1.12 bits per heavy atom. The van der Waals surface area contributed by atoms with Crippen LogP contribution in [0.25, 0.3) is 11.1 Å². The molecule has 0 saturated heterocycles. The predicted molar refractivity (Wildman–Crippen MR) is 61.3 cm³/mol. The fourth-order valence-corrected chi connectivity index (χ4v) is 2.67. The molecule has 2 rings (SSSR count). The zero-order valence-corrected chi connectivity index (χ0v) is 11.9. The van der Waals surface area contributed by atoms with Gasteiger partial charge in [0.1, 0.15) is 4.90 Å². The van der Waals surface area contributed by atoms with Gasteiger partial charge in [0.15, 0.2) is 46.5 Å². The van der Waals surface area contributed by atoms with Crippen molar-refractivity contribution in [2.24, 2.45) is 0 Å². The molecule has 0 saturated carbocycles. The van der Waals surface area contributed by atoms with Crippen LogP contribution >= 0.6 is 0 Å². The van der Waals surface area contributed by atoms with E-state index >= 15 is 0 Å². The quantitative estimate of drug-likeness (QED) is 0.363. The Bertz CT molecular complexity index is 989. The third-order valence-corrected chi connectivity index (χ3v) is 3.84. The summed E-state index contributed by atoms with van der Waals surface area (Å²) in [5.41, 5.74) is -4.83. The molecule has 2 aromatic rings. The molecule has 13 heteroatoms. The van der Waals surface area contributed by atoms with Gasteiger partial charge in [0.25, 0.3) is 10.1 Å². The molecule has 0 amide bonds. The molecule has 0 atom stereocenters. The average molecular weight is 396 g/mol. The van der Waals surface area contributed by atoms with Crippen molar-refractivity contribution in [3.63, 3.8) is 0 Å². The Labute approximate surface area is 132 Å². The van der Waals surface area contributed by atoms with E-state index < -0.39 is 78.5 Å². The van der Waals surface area contributed by atoms with Crippen LogP contribution in [0.2, 0.25) is 0 Å². The molecular formula is C12HF9O3S. The predicted octanol–water partition coefficient (Wildman–Crippen LogP) is 3.85. The van der Waals surface area contributed by atoms with Crippen molar-refractivity contribution < 1.29 is 52.5 Å². The second-order valence-corrected chi connectivity index (χ2v) is 5.74. The summed E-state index contributed by atoms with van der Waals surface area (Å²) in [4.78, 5) is -2.55. The molecule has 25 heavy (non-hydrogen) atoms. The van der Waals surface area contributed by atoms with Crippen molar-refractivity contribution in [3.8, 4) is 11.1 Å². The summed E-state index contributed by atoms with van der Waals surface area (Å²) in [7, 11) is -6.04. The minimum absolute atomic E-state index is 2.41. The maximum atomic E-state index is 13.8. The molecule has 0 bridgehead atoms. The molecule has 2 aromatic carbocycles. The third kappa shape index (κ3) is 2.72. The van der Waals surface area contributed by atoms with Crippen LogP contribution in [0.1, 0.15) is 0 Å². The Balaban J connectivity index is 3.21. The highest BCUT2D eigenvalue weighted by Crippen LogP contribution is 2.39. The van der Waals surface area contributed by atoms with Gasteiger partial charge in [0, 0.05) is 0 Å². The number of hydrogen-bond donors (Lipinski definition) is 1. The van der Waals surface area contributed by atoms with Gasteiger partial charge < -0.3 is 0 Å². The first-order chi connectivity index (χ1) is 11.3. The number of benzene rings is 2. The number of rotatable bonds is 2. The lowest BCUT2D eigenvalue weighted by Crippen LogP contribution is -2.14.